The summed E-state index contributed by atoms with van der Waals surface area (Å²) < 4.78 is 0. The number of nitriles is 1. The average molecular weight is 671 g/mol. The van der Waals surface area contributed by atoms with Crippen LogP contribution in [0.4, 0.5) is 0 Å². The number of fused-ring (bicyclic) bond motifs is 1. The smallest absolute Gasteiger partial charge is 0.253 e. The molecule has 2 aromatic rings. The second-order valence-corrected chi connectivity index (χ2v) is 13.0. The van der Waals surface area contributed by atoms with Crippen LogP contribution in [0.25, 0.3) is 0 Å². The summed E-state index contributed by atoms with van der Waals surface area (Å²) in [5, 5.41) is 20.0. The quantitative estimate of drug-likeness (QED) is 0.224. The van der Waals surface area contributed by atoms with Crippen molar-refractivity contribution in [2.75, 3.05) is 41.3 Å². The molecule has 2 aliphatic rings. The predicted octanol–water partition coefficient (Wildman–Crippen LogP) is 5.96. The minimum atomic E-state index is -0.542. The van der Waals surface area contributed by atoms with Gasteiger partial charge in [0, 0.05) is 52.8 Å². The molecule has 266 valence electrons. The van der Waals surface area contributed by atoms with Crippen molar-refractivity contribution in [1.29, 1.82) is 5.26 Å². The van der Waals surface area contributed by atoms with Gasteiger partial charge in [-0.3, -0.25) is 14.7 Å². The third-order valence-corrected chi connectivity index (χ3v) is 8.83. The Hall–Kier alpha value is -4.49. The first-order valence-electron chi connectivity index (χ1n) is 17.3. The Balaban J connectivity index is 0.000000493. The monoisotopic (exact) mass is 670 g/mol. The number of likely N-dealkylation sites (tertiary alicyclic amines) is 1. The van der Waals surface area contributed by atoms with Crippen LogP contribution in [0, 0.1) is 11.3 Å². The van der Waals surface area contributed by atoms with E-state index in [9.17, 15) is 9.59 Å². The number of rotatable bonds is 11. The highest BCUT2D eigenvalue weighted by Crippen LogP contribution is 2.48. The highest BCUT2D eigenvalue weighted by atomic mass is 16.2. The second-order valence-electron chi connectivity index (χ2n) is 13.0. The third kappa shape index (κ3) is 10.8. The maximum atomic E-state index is 12.8. The van der Waals surface area contributed by atoms with Crippen molar-refractivity contribution in [2.45, 2.75) is 90.6 Å². The number of nitrogens with one attached hydrogen (secondary N) is 2. The fourth-order valence-corrected chi connectivity index (χ4v) is 6.25. The molecule has 2 heterocycles. The topological polar surface area (TPSA) is 121 Å². The number of aryl methyl sites for hydroxylation is 2. The molecular formula is C39H58N8O2. The number of hydrogen-bond donors (Lipinski definition) is 2. The molecule has 0 radical (unpaired) electrons. The average Bonchev–Trinajstić information content (AvgIpc) is 3.76. The van der Waals surface area contributed by atoms with Crippen molar-refractivity contribution in [2.24, 2.45) is 0 Å². The normalized spacial score (nSPS) is 19.2. The second kappa shape index (κ2) is 20.1. The summed E-state index contributed by atoms with van der Waals surface area (Å²) in [7, 11) is 7.47. The van der Waals surface area contributed by atoms with Crippen molar-refractivity contribution in [3.63, 3.8) is 0 Å². The number of H-pyrrole nitrogens is 1. The summed E-state index contributed by atoms with van der Waals surface area (Å²) in [6.45, 7) is 15.8. The first kappa shape index (κ1) is 40.7. The number of benzene rings is 1. The van der Waals surface area contributed by atoms with E-state index in [2.05, 4.69) is 81.1 Å². The Labute approximate surface area is 294 Å². The third-order valence-electron chi connectivity index (χ3n) is 8.83. The molecular weight excluding hydrogens is 612 g/mol. The van der Waals surface area contributed by atoms with Gasteiger partial charge in [0.1, 0.15) is 11.9 Å². The fraction of sp³-hybridized carbons (Fsp3) is 0.513. The van der Waals surface area contributed by atoms with Crippen LogP contribution in [0.5, 0.6) is 0 Å². The molecule has 0 saturated carbocycles. The van der Waals surface area contributed by atoms with Crippen molar-refractivity contribution >= 4 is 12.3 Å². The molecule has 1 fully saturated rings. The summed E-state index contributed by atoms with van der Waals surface area (Å²) in [4.78, 5) is 33.1. The zero-order valence-electron chi connectivity index (χ0n) is 31.2. The van der Waals surface area contributed by atoms with E-state index in [4.69, 9.17) is 15.3 Å². The van der Waals surface area contributed by atoms with Crippen LogP contribution in [-0.4, -0.2) is 95.6 Å². The van der Waals surface area contributed by atoms with E-state index in [1.807, 2.05) is 38.1 Å². The Morgan fingerprint density at radius 1 is 1.24 bits per heavy atom. The van der Waals surface area contributed by atoms with Crippen molar-refractivity contribution < 1.29 is 9.59 Å². The van der Waals surface area contributed by atoms with Gasteiger partial charge in [0.2, 0.25) is 6.41 Å². The molecule has 4 rings (SSSR count). The molecule has 1 aromatic heterocycles. The van der Waals surface area contributed by atoms with E-state index in [1.165, 1.54) is 22.3 Å². The fourth-order valence-electron chi connectivity index (χ4n) is 6.25. The predicted molar refractivity (Wildman–Crippen MR) is 199 cm³/mol. The molecule has 1 saturated heterocycles. The molecule has 10 nitrogen and oxygen atoms in total. The lowest BCUT2D eigenvalue weighted by Crippen LogP contribution is -2.40. The van der Waals surface area contributed by atoms with E-state index >= 15 is 0 Å². The highest BCUT2D eigenvalue weighted by molar-refractivity contribution is 5.94. The lowest BCUT2D eigenvalue weighted by Gasteiger charge is -2.37. The molecule has 49 heavy (non-hydrogen) atoms. The van der Waals surface area contributed by atoms with Gasteiger partial charge in [-0.2, -0.15) is 10.4 Å². The number of aromatic nitrogens is 3. The van der Waals surface area contributed by atoms with Gasteiger partial charge in [0.25, 0.3) is 5.91 Å². The van der Waals surface area contributed by atoms with Gasteiger partial charge in [-0.1, -0.05) is 56.4 Å². The number of carbonyl (C=O) groups excluding carboxylic acids is 2. The van der Waals surface area contributed by atoms with Crippen LogP contribution in [0.3, 0.4) is 0 Å². The number of amides is 2. The Kier molecular flexibility index (Phi) is 16.7. The maximum absolute atomic E-state index is 12.8. The Morgan fingerprint density at radius 2 is 1.96 bits per heavy atom. The van der Waals surface area contributed by atoms with Crippen molar-refractivity contribution in [3.8, 4) is 6.07 Å². The number of hydrogen-bond acceptors (Lipinski definition) is 7. The standard InChI is InChI=1S/C29H41N5O.C6H8N2O.C4H9N/c1-8-11-12-13-24-20(4)14-15-22-18-23(27(35)34(6)7)16-17-25(22)29(24,19-21(5)30-10-3)28-31-26(9-2)32-33-28;7-4-6-2-1-3-8(6)5-9;1-4-5(2)3/h8,11-13,16-18,21,30H,9-10,14-15,19H2,1-7H3,(H,31,32,33);5-6H,1-3H2;4H,1H2,2-3H3/b11-8-,13-12-;;. The minimum Gasteiger partial charge on any atom is -0.384 e. The lowest BCUT2D eigenvalue weighted by atomic mass is 9.67. The number of nitrogens with zero attached hydrogens (tertiary/aromatic N) is 6. The van der Waals surface area contributed by atoms with Crippen molar-refractivity contribution in [3.05, 3.63) is 94.8 Å². The van der Waals surface area contributed by atoms with E-state index in [0.717, 1.165) is 75.2 Å². The summed E-state index contributed by atoms with van der Waals surface area (Å²) >= 11 is 0. The Bertz CT molecular complexity index is 1510. The van der Waals surface area contributed by atoms with Gasteiger partial charge >= 0.3 is 0 Å². The lowest BCUT2D eigenvalue weighted by molar-refractivity contribution is -0.118. The van der Waals surface area contributed by atoms with Gasteiger partial charge < -0.3 is 20.0 Å². The molecule has 2 amide bonds. The first-order chi connectivity index (χ1) is 23.4. The van der Waals surface area contributed by atoms with Gasteiger partial charge in [0.05, 0.1) is 11.5 Å². The van der Waals surface area contributed by atoms with Crippen LogP contribution in [0.1, 0.15) is 93.4 Å². The molecule has 0 bridgehead atoms. The molecule has 2 N–H and O–H groups in total. The van der Waals surface area contributed by atoms with Crippen LogP contribution in [0.2, 0.25) is 0 Å². The van der Waals surface area contributed by atoms with Gasteiger partial charge in [0.15, 0.2) is 5.82 Å². The minimum absolute atomic E-state index is 0.0210. The van der Waals surface area contributed by atoms with Crippen LogP contribution >= 0.6 is 0 Å². The zero-order valence-corrected chi connectivity index (χ0v) is 31.2. The number of allylic oxidation sites excluding steroid dienone is 6. The SMILES string of the molecule is C/C=C\C=C/C1=C(C)CCc2cc(C(=O)N(C)C)ccc2C1(CC(C)NCC)c1n[nH]c(CC)n1.C=CN(C)C.N#CC1CCCN1C=O. The summed E-state index contributed by atoms with van der Waals surface area (Å²) in [5.41, 5.74) is 5.13. The summed E-state index contributed by atoms with van der Waals surface area (Å²) in [6.07, 6.45) is 16.2. The zero-order chi connectivity index (χ0) is 36.6. The van der Waals surface area contributed by atoms with E-state index in [0.29, 0.717) is 0 Å². The highest BCUT2D eigenvalue weighted by Gasteiger charge is 2.45. The largest absolute Gasteiger partial charge is 0.384 e. The summed E-state index contributed by atoms with van der Waals surface area (Å²) in [5.74, 6) is 1.70. The summed E-state index contributed by atoms with van der Waals surface area (Å²) in [6, 6.07) is 8.34. The number of carbonyl (C=O) groups is 2. The molecule has 0 spiro atoms. The van der Waals surface area contributed by atoms with Gasteiger partial charge in [-0.15, -0.1) is 0 Å². The van der Waals surface area contributed by atoms with Crippen LogP contribution in [0.15, 0.2) is 66.4 Å². The molecule has 1 aromatic carbocycles. The van der Waals surface area contributed by atoms with E-state index < -0.39 is 5.41 Å². The molecule has 10 heteroatoms. The molecule has 1 aliphatic carbocycles. The first-order valence-corrected chi connectivity index (χ1v) is 17.3. The van der Waals surface area contributed by atoms with Crippen LogP contribution in [-0.2, 0) is 23.1 Å². The molecule has 3 atom stereocenters. The molecule has 3 unspecified atom stereocenters. The number of aromatic amines is 1. The van der Waals surface area contributed by atoms with Gasteiger partial charge in [-0.05, 0) is 94.5 Å². The van der Waals surface area contributed by atoms with Crippen molar-refractivity contribution in [1.82, 2.24) is 35.2 Å². The molecule has 1 aliphatic heterocycles. The maximum Gasteiger partial charge on any atom is 0.253 e. The van der Waals surface area contributed by atoms with E-state index in [1.54, 1.807) is 30.1 Å². The van der Waals surface area contributed by atoms with E-state index in [-0.39, 0.29) is 18.0 Å². The Morgan fingerprint density at radius 3 is 2.49 bits per heavy atom. The van der Waals surface area contributed by atoms with Gasteiger partial charge in [-0.25, -0.2) is 4.98 Å². The van der Waals surface area contributed by atoms with Crippen LogP contribution < -0.4 is 5.32 Å².